The summed E-state index contributed by atoms with van der Waals surface area (Å²) in [6.07, 6.45) is 4.49. The Morgan fingerprint density at radius 3 is 2.46 bits per heavy atom. The molecule has 0 saturated carbocycles. The number of benzene rings is 1. The van der Waals surface area contributed by atoms with Gasteiger partial charge in [-0.1, -0.05) is 30.3 Å². The van der Waals surface area contributed by atoms with Crippen molar-refractivity contribution in [2.75, 3.05) is 32.4 Å². The van der Waals surface area contributed by atoms with Gasteiger partial charge in [0.15, 0.2) is 5.96 Å². The molecule has 6 heteroatoms. The summed E-state index contributed by atoms with van der Waals surface area (Å²) in [5, 5.41) is 7.03. The molecule has 1 heterocycles. The molecule has 0 aromatic heterocycles. The van der Waals surface area contributed by atoms with Gasteiger partial charge in [0.2, 0.25) is 0 Å². The number of halogens is 1. The fourth-order valence-electron chi connectivity index (χ4n) is 2.92. The predicted molar refractivity (Wildman–Crippen MR) is 127 cm³/mol. The fraction of sp³-hybridized carbons (Fsp3) is 0.650. The third-order valence-corrected chi connectivity index (χ3v) is 5.93. The van der Waals surface area contributed by atoms with E-state index in [1.807, 2.05) is 11.8 Å². The maximum atomic E-state index is 4.80. The van der Waals surface area contributed by atoms with Gasteiger partial charge in [0, 0.05) is 37.0 Å². The predicted octanol–water partition coefficient (Wildman–Crippen LogP) is 3.97. The monoisotopic (exact) mass is 490 g/mol. The van der Waals surface area contributed by atoms with Crippen molar-refractivity contribution in [2.24, 2.45) is 4.99 Å². The Bertz CT molecular complexity index is 528. The van der Waals surface area contributed by atoms with Gasteiger partial charge < -0.3 is 10.6 Å². The lowest BCUT2D eigenvalue weighted by Crippen LogP contribution is -2.48. The molecule has 2 rings (SSSR count). The number of nitrogens with zero attached hydrogens (tertiary/aromatic N) is 2. The Labute approximate surface area is 181 Å². The van der Waals surface area contributed by atoms with E-state index >= 15 is 0 Å². The van der Waals surface area contributed by atoms with Crippen molar-refractivity contribution < 1.29 is 0 Å². The van der Waals surface area contributed by atoms with Crippen LogP contribution in [0.15, 0.2) is 35.3 Å². The smallest absolute Gasteiger partial charge is 0.191 e. The summed E-state index contributed by atoms with van der Waals surface area (Å²) >= 11 is 1.87. The van der Waals surface area contributed by atoms with Crippen molar-refractivity contribution in [3.63, 3.8) is 0 Å². The molecule has 1 aromatic carbocycles. The molecule has 0 spiro atoms. The SMILES string of the molecule is CCNC(=NCC(C)(C)SC)NC1CCN(Cc2ccccc2)CC1.I. The van der Waals surface area contributed by atoms with Crippen LogP contribution in [0.2, 0.25) is 0 Å². The van der Waals surface area contributed by atoms with Gasteiger partial charge in [0.25, 0.3) is 0 Å². The van der Waals surface area contributed by atoms with Gasteiger partial charge in [-0.3, -0.25) is 9.89 Å². The number of thioether (sulfide) groups is 1. The Morgan fingerprint density at radius 1 is 1.23 bits per heavy atom. The van der Waals surface area contributed by atoms with E-state index in [1.165, 1.54) is 18.4 Å². The number of likely N-dealkylation sites (tertiary alicyclic amines) is 1. The molecule has 2 N–H and O–H groups in total. The van der Waals surface area contributed by atoms with Crippen LogP contribution in [0.1, 0.15) is 39.2 Å². The molecule has 148 valence electrons. The van der Waals surface area contributed by atoms with Gasteiger partial charge in [-0.2, -0.15) is 11.8 Å². The lowest BCUT2D eigenvalue weighted by atomic mass is 10.0. The van der Waals surface area contributed by atoms with E-state index in [0.29, 0.717) is 6.04 Å². The Morgan fingerprint density at radius 2 is 1.88 bits per heavy atom. The first-order valence-corrected chi connectivity index (χ1v) is 10.6. The minimum absolute atomic E-state index is 0. The van der Waals surface area contributed by atoms with Gasteiger partial charge in [-0.25, -0.2) is 0 Å². The van der Waals surface area contributed by atoms with E-state index in [0.717, 1.165) is 38.7 Å². The summed E-state index contributed by atoms with van der Waals surface area (Å²) in [5.41, 5.74) is 1.41. The molecule has 1 fully saturated rings. The van der Waals surface area contributed by atoms with Crippen molar-refractivity contribution >= 4 is 41.7 Å². The summed E-state index contributed by atoms with van der Waals surface area (Å²) in [7, 11) is 0. The van der Waals surface area contributed by atoms with Gasteiger partial charge >= 0.3 is 0 Å². The largest absolute Gasteiger partial charge is 0.357 e. The quantitative estimate of drug-likeness (QED) is 0.345. The third kappa shape index (κ3) is 8.48. The van der Waals surface area contributed by atoms with Crippen molar-refractivity contribution in [2.45, 2.75) is 50.9 Å². The summed E-state index contributed by atoms with van der Waals surface area (Å²) in [6, 6.07) is 11.3. The van der Waals surface area contributed by atoms with Gasteiger partial charge in [-0.15, -0.1) is 24.0 Å². The maximum Gasteiger partial charge on any atom is 0.191 e. The molecule has 0 bridgehead atoms. The molecular weight excluding hydrogens is 455 g/mol. The number of guanidine groups is 1. The Hall–Kier alpha value is -0.470. The first-order valence-electron chi connectivity index (χ1n) is 9.38. The third-order valence-electron chi connectivity index (χ3n) is 4.69. The highest BCUT2D eigenvalue weighted by Crippen LogP contribution is 2.21. The number of aliphatic imine (C=N–C) groups is 1. The van der Waals surface area contributed by atoms with Crippen LogP contribution < -0.4 is 10.6 Å². The van der Waals surface area contributed by atoms with Crippen molar-refractivity contribution in [3.8, 4) is 0 Å². The minimum Gasteiger partial charge on any atom is -0.357 e. The molecule has 1 saturated heterocycles. The summed E-state index contributed by atoms with van der Waals surface area (Å²) in [6.45, 7) is 11.7. The average Bonchev–Trinajstić information content (AvgIpc) is 2.62. The van der Waals surface area contributed by atoms with E-state index in [4.69, 9.17) is 4.99 Å². The highest BCUT2D eigenvalue weighted by Gasteiger charge is 2.21. The van der Waals surface area contributed by atoms with E-state index < -0.39 is 0 Å². The van der Waals surface area contributed by atoms with Crippen LogP contribution in [0.25, 0.3) is 0 Å². The van der Waals surface area contributed by atoms with Gasteiger partial charge in [0.05, 0.1) is 6.54 Å². The topological polar surface area (TPSA) is 39.7 Å². The molecule has 0 atom stereocenters. The number of rotatable bonds is 7. The Kier molecular flexibility index (Phi) is 11.0. The normalized spacial score (nSPS) is 16.8. The van der Waals surface area contributed by atoms with Crippen LogP contribution in [0.3, 0.4) is 0 Å². The second-order valence-corrected chi connectivity index (χ2v) is 8.85. The van der Waals surface area contributed by atoms with Crippen LogP contribution in [0.4, 0.5) is 0 Å². The van der Waals surface area contributed by atoms with Crippen molar-refractivity contribution in [1.82, 2.24) is 15.5 Å². The first kappa shape index (κ1) is 23.6. The molecular formula is C20H35IN4S. The van der Waals surface area contributed by atoms with Gasteiger partial charge in [-0.05, 0) is 45.4 Å². The number of hydrogen-bond acceptors (Lipinski definition) is 3. The van der Waals surface area contributed by atoms with Crippen LogP contribution >= 0.6 is 35.7 Å². The van der Waals surface area contributed by atoms with Crippen LogP contribution in [0, 0.1) is 0 Å². The summed E-state index contributed by atoms with van der Waals surface area (Å²) < 4.78 is 0.182. The molecule has 1 aliphatic heterocycles. The van der Waals surface area contributed by atoms with Crippen LogP contribution in [-0.2, 0) is 6.54 Å². The second kappa shape index (κ2) is 12.1. The molecule has 1 aromatic rings. The molecule has 0 radical (unpaired) electrons. The van der Waals surface area contributed by atoms with Gasteiger partial charge in [0.1, 0.15) is 0 Å². The zero-order valence-corrected chi connectivity index (χ0v) is 19.8. The highest BCUT2D eigenvalue weighted by atomic mass is 127. The molecule has 1 aliphatic rings. The molecule has 4 nitrogen and oxygen atoms in total. The summed E-state index contributed by atoms with van der Waals surface area (Å²) in [5.74, 6) is 0.964. The fourth-order valence-corrected chi connectivity index (χ4v) is 3.12. The van der Waals surface area contributed by atoms with Crippen molar-refractivity contribution in [3.05, 3.63) is 35.9 Å². The van der Waals surface area contributed by atoms with E-state index in [9.17, 15) is 0 Å². The Balaban J connectivity index is 0.00000338. The first-order chi connectivity index (χ1) is 12.0. The standard InChI is InChI=1S/C20H34N4S.HI/c1-5-21-19(22-16-20(2,3)25-4)23-18-11-13-24(14-12-18)15-17-9-7-6-8-10-17;/h6-10,18H,5,11-16H2,1-4H3,(H2,21,22,23);1H. The lowest BCUT2D eigenvalue weighted by molar-refractivity contribution is 0.198. The average molecular weight is 490 g/mol. The number of nitrogens with one attached hydrogen (secondary N) is 2. The molecule has 0 aliphatic carbocycles. The van der Waals surface area contributed by atoms with E-state index in [2.05, 4.69) is 72.9 Å². The zero-order valence-electron chi connectivity index (χ0n) is 16.6. The van der Waals surface area contributed by atoms with E-state index in [-0.39, 0.29) is 28.7 Å². The molecule has 26 heavy (non-hydrogen) atoms. The zero-order chi connectivity index (χ0) is 18.1. The van der Waals surface area contributed by atoms with E-state index in [1.54, 1.807) is 0 Å². The van der Waals surface area contributed by atoms with Crippen LogP contribution in [-0.4, -0.2) is 54.1 Å². The molecule has 0 amide bonds. The molecule has 0 unspecified atom stereocenters. The highest BCUT2D eigenvalue weighted by molar-refractivity contribution is 14.0. The number of hydrogen-bond donors (Lipinski definition) is 2. The minimum atomic E-state index is 0. The van der Waals surface area contributed by atoms with Crippen molar-refractivity contribution in [1.29, 1.82) is 0 Å². The number of piperidine rings is 1. The summed E-state index contributed by atoms with van der Waals surface area (Å²) in [4.78, 5) is 7.35. The van der Waals surface area contributed by atoms with Crippen LogP contribution in [0.5, 0.6) is 0 Å². The maximum absolute atomic E-state index is 4.80. The lowest BCUT2D eigenvalue weighted by Gasteiger charge is -2.33. The second-order valence-electron chi connectivity index (χ2n) is 7.34.